The van der Waals surface area contributed by atoms with E-state index in [1.165, 1.54) is 6.92 Å². The molecule has 1 aromatic carbocycles. The average Bonchev–Trinajstić information content (AvgIpc) is 2.62. The largest absolute Gasteiger partial charge is 0.490 e. The van der Waals surface area contributed by atoms with E-state index in [2.05, 4.69) is 5.32 Å². The van der Waals surface area contributed by atoms with Crippen LogP contribution in [0.1, 0.15) is 23.7 Å². The molecule has 0 aromatic heterocycles. The predicted molar refractivity (Wildman–Crippen MR) is 66.6 cm³/mol. The topological polar surface area (TPSA) is 84.9 Å². The fraction of sp³-hybridized carbons (Fsp3) is 0.385. The molecule has 0 fully saturated rings. The van der Waals surface area contributed by atoms with E-state index in [0.29, 0.717) is 30.3 Å². The Morgan fingerprint density at radius 3 is 2.63 bits per heavy atom. The van der Waals surface area contributed by atoms with Gasteiger partial charge in [-0.2, -0.15) is 0 Å². The van der Waals surface area contributed by atoms with Crippen LogP contribution in [0.5, 0.6) is 11.5 Å². The summed E-state index contributed by atoms with van der Waals surface area (Å²) >= 11 is 0. The van der Waals surface area contributed by atoms with E-state index < -0.39 is 17.9 Å². The van der Waals surface area contributed by atoms with Crippen LogP contribution in [-0.2, 0) is 4.79 Å². The number of hydrogen-bond acceptors (Lipinski definition) is 4. The van der Waals surface area contributed by atoms with Crippen molar-refractivity contribution >= 4 is 11.9 Å². The van der Waals surface area contributed by atoms with Crippen molar-refractivity contribution in [3.05, 3.63) is 23.8 Å². The highest BCUT2D eigenvalue weighted by atomic mass is 16.5. The molecule has 6 heteroatoms. The molecule has 1 atom stereocenters. The van der Waals surface area contributed by atoms with Crippen molar-refractivity contribution in [3.63, 3.8) is 0 Å². The molecule has 1 unspecified atom stereocenters. The Kier molecular flexibility index (Phi) is 3.89. The molecular weight excluding hydrogens is 250 g/mol. The van der Waals surface area contributed by atoms with Crippen molar-refractivity contribution in [3.8, 4) is 11.5 Å². The minimum atomic E-state index is -1.08. The molecule has 1 amide bonds. The van der Waals surface area contributed by atoms with E-state index >= 15 is 0 Å². The van der Waals surface area contributed by atoms with Gasteiger partial charge in [-0.25, -0.2) is 0 Å². The lowest BCUT2D eigenvalue weighted by atomic mass is 10.1. The highest BCUT2D eigenvalue weighted by Crippen LogP contribution is 2.30. The zero-order valence-electron chi connectivity index (χ0n) is 10.5. The molecule has 102 valence electrons. The summed E-state index contributed by atoms with van der Waals surface area (Å²) in [6.07, 6.45) is 0.784. The Morgan fingerprint density at radius 2 is 1.95 bits per heavy atom. The smallest absolute Gasteiger partial charge is 0.325 e. The first-order valence-corrected chi connectivity index (χ1v) is 6.01. The van der Waals surface area contributed by atoms with Crippen LogP contribution < -0.4 is 14.8 Å². The molecule has 19 heavy (non-hydrogen) atoms. The van der Waals surface area contributed by atoms with Crippen molar-refractivity contribution < 1.29 is 24.2 Å². The molecule has 0 spiro atoms. The van der Waals surface area contributed by atoms with Crippen molar-refractivity contribution in [2.45, 2.75) is 19.4 Å². The van der Waals surface area contributed by atoms with E-state index in [4.69, 9.17) is 14.6 Å². The zero-order chi connectivity index (χ0) is 13.8. The Labute approximate surface area is 110 Å². The van der Waals surface area contributed by atoms with Gasteiger partial charge in [-0.15, -0.1) is 0 Å². The Morgan fingerprint density at radius 1 is 1.26 bits per heavy atom. The maximum absolute atomic E-state index is 11.9. The number of carbonyl (C=O) groups excluding carboxylic acids is 1. The van der Waals surface area contributed by atoms with Gasteiger partial charge >= 0.3 is 5.97 Å². The molecule has 0 bridgehead atoms. The van der Waals surface area contributed by atoms with E-state index in [1.807, 2.05) is 0 Å². The van der Waals surface area contributed by atoms with Crippen LogP contribution in [-0.4, -0.2) is 36.2 Å². The summed E-state index contributed by atoms with van der Waals surface area (Å²) in [5.74, 6) is -0.429. The monoisotopic (exact) mass is 265 g/mol. The van der Waals surface area contributed by atoms with Crippen LogP contribution in [0.4, 0.5) is 0 Å². The van der Waals surface area contributed by atoms with Gasteiger partial charge < -0.3 is 19.9 Å². The number of carboxylic acids is 1. The van der Waals surface area contributed by atoms with Crippen molar-refractivity contribution in [2.75, 3.05) is 13.2 Å². The van der Waals surface area contributed by atoms with Gasteiger partial charge in [-0.05, 0) is 25.1 Å². The van der Waals surface area contributed by atoms with Crippen LogP contribution in [0.3, 0.4) is 0 Å². The summed E-state index contributed by atoms with van der Waals surface area (Å²) in [6.45, 7) is 2.52. The molecule has 0 saturated carbocycles. The lowest BCUT2D eigenvalue weighted by molar-refractivity contribution is -0.138. The second-order valence-corrected chi connectivity index (χ2v) is 4.25. The fourth-order valence-electron chi connectivity index (χ4n) is 1.65. The van der Waals surface area contributed by atoms with Crippen LogP contribution in [0.2, 0.25) is 0 Å². The number of rotatable bonds is 3. The van der Waals surface area contributed by atoms with Crippen molar-refractivity contribution in [2.24, 2.45) is 0 Å². The summed E-state index contributed by atoms with van der Waals surface area (Å²) in [5, 5.41) is 11.1. The number of aliphatic carboxylic acids is 1. The molecule has 0 radical (unpaired) electrons. The first-order valence-electron chi connectivity index (χ1n) is 6.01. The van der Waals surface area contributed by atoms with Crippen molar-refractivity contribution in [1.29, 1.82) is 0 Å². The summed E-state index contributed by atoms with van der Waals surface area (Å²) in [4.78, 5) is 22.5. The van der Waals surface area contributed by atoms with Crippen molar-refractivity contribution in [1.82, 2.24) is 5.32 Å². The van der Waals surface area contributed by atoms with Gasteiger partial charge in [0.2, 0.25) is 0 Å². The summed E-state index contributed by atoms with van der Waals surface area (Å²) in [7, 11) is 0. The van der Waals surface area contributed by atoms with Gasteiger partial charge in [0.15, 0.2) is 11.5 Å². The number of nitrogens with one attached hydrogen (secondary N) is 1. The maximum atomic E-state index is 11.9. The van der Waals surface area contributed by atoms with Crippen LogP contribution in [0.15, 0.2) is 18.2 Å². The van der Waals surface area contributed by atoms with Gasteiger partial charge in [-0.3, -0.25) is 9.59 Å². The van der Waals surface area contributed by atoms with Gasteiger partial charge in [0, 0.05) is 12.0 Å². The number of fused-ring (bicyclic) bond motifs is 1. The molecule has 1 aliphatic heterocycles. The number of ether oxygens (including phenoxy) is 2. The standard InChI is InChI=1S/C13H15NO5/c1-8(13(16)17)14-12(15)9-3-4-10-11(7-9)19-6-2-5-18-10/h3-4,7-8H,2,5-6H2,1H3,(H,14,15)(H,16,17). The SMILES string of the molecule is CC(NC(=O)c1ccc2c(c1)OCCCO2)C(=O)O. The molecule has 1 aromatic rings. The molecule has 0 saturated heterocycles. The third-order valence-corrected chi connectivity index (χ3v) is 2.73. The lowest BCUT2D eigenvalue weighted by Crippen LogP contribution is -2.38. The predicted octanol–water partition coefficient (Wildman–Crippen LogP) is 1.05. The summed E-state index contributed by atoms with van der Waals surface area (Å²) in [6, 6.07) is 3.85. The average molecular weight is 265 g/mol. The molecule has 0 aliphatic carbocycles. The lowest BCUT2D eigenvalue weighted by Gasteiger charge is -2.11. The minimum Gasteiger partial charge on any atom is -0.490 e. The molecule has 2 rings (SSSR count). The van der Waals surface area contributed by atoms with Crippen LogP contribution in [0.25, 0.3) is 0 Å². The Bertz CT molecular complexity index is 500. The fourth-order valence-corrected chi connectivity index (χ4v) is 1.65. The Balaban J connectivity index is 2.15. The van der Waals surface area contributed by atoms with Crippen LogP contribution in [0, 0.1) is 0 Å². The van der Waals surface area contributed by atoms with E-state index in [-0.39, 0.29) is 0 Å². The van der Waals surface area contributed by atoms with Gasteiger partial charge in [-0.1, -0.05) is 0 Å². The van der Waals surface area contributed by atoms with E-state index in [9.17, 15) is 9.59 Å². The molecular formula is C13H15NO5. The first kappa shape index (κ1) is 13.2. The highest BCUT2D eigenvalue weighted by molar-refractivity contribution is 5.97. The quantitative estimate of drug-likeness (QED) is 0.853. The number of benzene rings is 1. The number of amides is 1. The number of hydrogen-bond donors (Lipinski definition) is 2. The van der Waals surface area contributed by atoms with Gasteiger partial charge in [0.25, 0.3) is 5.91 Å². The molecule has 6 nitrogen and oxygen atoms in total. The number of carboxylic acid groups (broad SMARTS) is 1. The van der Waals surface area contributed by atoms with Gasteiger partial charge in [0.1, 0.15) is 6.04 Å². The van der Waals surface area contributed by atoms with E-state index in [1.54, 1.807) is 18.2 Å². The Hall–Kier alpha value is -2.24. The third kappa shape index (κ3) is 3.15. The zero-order valence-corrected chi connectivity index (χ0v) is 10.5. The summed E-state index contributed by atoms with van der Waals surface area (Å²) in [5.41, 5.74) is 0.345. The first-order chi connectivity index (χ1) is 9.08. The maximum Gasteiger partial charge on any atom is 0.325 e. The number of carbonyl (C=O) groups is 2. The van der Waals surface area contributed by atoms with Gasteiger partial charge in [0.05, 0.1) is 13.2 Å². The molecule has 2 N–H and O–H groups in total. The highest BCUT2D eigenvalue weighted by Gasteiger charge is 2.18. The van der Waals surface area contributed by atoms with Crippen LogP contribution >= 0.6 is 0 Å². The third-order valence-electron chi connectivity index (χ3n) is 2.73. The second kappa shape index (κ2) is 5.60. The molecule has 1 heterocycles. The summed E-state index contributed by atoms with van der Waals surface area (Å²) < 4.78 is 10.9. The van der Waals surface area contributed by atoms with E-state index in [0.717, 1.165) is 6.42 Å². The normalized spacial score (nSPS) is 15.2. The molecule has 1 aliphatic rings. The second-order valence-electron chi connectivity index (χ2n) is 4.25. The minimum absolute atomic E-state index is 0.345.